The fourth-order valence-corrected chi connectivity index (χ4v) is 5.28. The second-order valence-corrected chi connectivity index (χ2v) is 10.1. The number of rotatable bonds is 8. The Balaban J connectivity index is 1.25. The number of nitrogens with one attached hydrogen (secondary N) is 2. The summed E-state index contributed by atoms with van der Waals surface area (Å²) in [6.45, 7) is 8.77. The van der Waals surface area contributed by atoms with Gasteiger partial charge in [0.15, 0.2) is 0 Å². The van der Waals surface area contributed by atoms with Crippen molar-refractivity contribution in [3.8, 4) is 0 Å². The van der Waals surface area contributed by atoms with E-state index in [2.05, 4.69) is 41.5 Å². The van der Waals surface area contributed by atoms with Crippen molar-refractivity contribution in [2.75, 3.05) is 31.1 Å². The van der Waals surface area contributed by atoms with Crippen molar-refractivity contribution in [2.45, 2.75) is 46.2 Å². The molecule has 0 spiro atoms. The standard InChI is InChI=1S/C28H36N4O3/c1-20-14-21(2)18-31(17-20)19-24-7-4-3-6-23(24)15-29-26(33)16-30-28(35)22-9-11-25(12-10-22)32-13-5-8-27(32)34/h3-4,6-7,9-12,20-21H,5,8,13-19H2,1-2H3,(H,29,33)(H,30,35). The van der Waals surface area contributed by atoms with Gasteiger partial charge in [0, 0.05) is 50.4 Å². The molecule has 2 heterocycles. The van der Waals surface area contributed by atoms with E-state index in [1.807, 2.05) is 12.1 Å². The van der Waals surface area contributed by atoms with Gasteiger partial charge < -0.3 is 15.5 Å². The largest absolute Gasteiger partial charge is 0.350 e. The second-order valence-electron chi connectivity index (χ2n) is 10.1. The van der Waals surface area contributed by atoms with Crippen molar-refractivity contribution in [1.82, 2.24) is 15.5 Å². The minimum atomic E-state index is -0.312. The minimum Gasteiger partial charge on any atom is -0.350 e. The van der Waals surface area contributed by atoms with Crippen molar-refractivity contribution in [3.63, 3.8) is 0 Å². The van der Waals surface area contributed by atoms with Crippen LogP contribution in [0.4, 0.5) is 5.69 Å². The van der Waals surface area contributed by atoms with Crippen LogP contribution in [-0.4, -0.2) is 48.8 Å². The molecule has 2 N–H and O–H groups in total. The van der Waals surface area contributed by atoms with E-state index in [4.69, 9.17) is 0 Å². The minimum absolute atomic E-state index is 0.0888. The van der Waals surface area contributed by atoms with Gasteiger partial charge in [0.25, 0.3) is 5.91 Å². The lowest BCUT2D eigenvalue weighted by atomic mass is 9.91. The molecule has 0 bridgehead atoms. The molecule has 35 heavy (non-hydrogen) atoms. The maximum Gasteiger partial charge on any atom is 0.251 e. The van der Waals surface area contributed by atoms with Gasteiger partial charge in [0.2, 0.25) is 11.8 Å². The van der Waals surface area contributed by atoms with Crippen LogP contribution in [0.5, 0.6) is 0 Å². The van der Waals surface area contributed by atoms with Crippen LogP contribution in [-0.2, 0) is 22.7 Å². The number of amides is 3. The molecule has 186 valence electrons. The molecule has 2 aliphatic rings. The summed E-state index contributed by atoms with van der Waals surface area (Å²) in [5, 5.41) is 5.62. The van der Waals surface area contributed by atoms with E-state index in [-0.39, 0.29) is 24.3 Å². The maximum atomic E-state index is 12.5. The van der Waals surface area contributed by atoms with E-state index in [0.717, 1.165) is 37.3 Å². The van der Waals surface area contributed by atoms with E-state index in [1.165, 1.54) is 12.0 Å². The summed E-state index contributed by atoms with van der Waals surface area (Å²) in [4.78, 5) is 41.0. The Hall–Kier alpha value is -3.19. The van der Waals surface area contributed by atoms with Crippen molar-refractivity contribution in [3.05, 3.63) is 65.2 Å². The highest BCUT2D eigenvalue weighted by Crippen LogP contribution is 2.24. The third-order valence-corrected chi connectivity index (χ3v) is 6.86. The lowest BCUT2D eigenvalue weighted by Gasteiger charge is -2.35. The third-order valence-electron chi connectivity index (χ3n) is 6.86. The van der Waals surface area contributed by atoms with Crippen LogP contribution in [0.3, 0.4) is 0 Å². The highest BCUT2D eigenvalue weighted by molar-refractivity contribution is 5.98. The zero-order chi connectivity index (χ0) is 24.8. The molecule has 2 unspecified atom stereocenters. The first-order chi connectivity index (χ1) is 16.9. The van der Waals surface area contributed by atoms with Crippen LogP contribution in [0.1, 0.15) is 54.6 Å². The van der Waals surface area contributed by atoms with E-state index in [9.17, 15) is 14.4 Å². The molecule has 2 aromatic carbocycles. The maximum absolute atomic E-state index is 12.5. The van der Waals surface area contributed by atoms with Gasteiger partial charge in [0.1, 0.15) is 0 Å². The number of carbonyl (C=O) groups is 3. The van der Waals surface area contributed by atoms with Crippen LogP contribution < -0.4 is 15.5 Å². The topological polar surface area (TPSA) is 81.8 Å². The van der Waals surface area contributed by atoms with Crippen LogP contribution in [0.15, 0.2) is 48.5 Å². The van der Waals surface area contributed by atoms with Crippen molar-refractivity contribution >= 4 is 23.4 Å². The number of hydrogen-bond acceptors (Lipinski definition) is 4. The number of carbonyl (C=O) groups excluding carboxylic acids is 3. The van der Waals surface area contributed by atoms with Gasteiger partial charge in [-0.1, -0.05) is 38.1 Å². The number of anilines is 1. The van der Waals surface area contributed by atoms with Gasteiger partial charge in [0.05, 0.1) is 6.54 Å². The summed E-state index contributed by atoms with van der Waals surface area (Å²) in [5.74, 6) is 0.975. The molecule has 3 amide bonds. The van der Waals surface area contributed by atoms with Gasteiger partial charge in [-0.05, 0) is 60.1 Å². The quantitative estimate of drug-likeness (QED) is 0.612. The van der Waals surface area contributed by atoms with Gasteiger partial charge in [-0.2, -0.15) is 0 Å². The van der Waals surface area contributed by atoms with Crippen LogP contribution in [0.2, 0.25) is 0 Å². The van der Waals surface area contributed by atoms with E-state index < -0.39 is 0 Å². The average molecular weight is 477 g/mol. The van der Waals surface area contributed by atoms with Crippen LogP contribution in [0, 0.1) is 11.8 Å². The lowest BCUT2D eigenvalue weighted by molar-refractivity contribution is -0.120. The molecule has 2 aromatic rings. The second kappa shape index (κ2) is 11.5. The summed E-state index contributed by atoms with van der Waals surface area (Å²) in [6.07, 6.45) is 2.71. The Kier molecular flexibility index (Phi) is 8.18. The fraction of sp³-hybridized carbons (Fsp3) is 0.464. The number of likely N-dealkylation sites (tertiary alicyclic amines) is 1. The van der Waals surface area contributed by atoms with Gasteiger partial charge in [-0.15, -0.1) is 0 Å². The molecule has 7 heteroatoms. The summed E-state index contributed by atoms with van der Waals surface area (Å²) >= 11 is 0. The Bertz CT molecular complexity index is 1040. The summed E-state index contributed by atoms with van der Waals surface area (Å²) in [7, 11) is 0. The predicted molar refractivity (Wildman–Crippen MR) is 137 cm³/mol. The lowest BCUT2D eigenvalue weighted by Crippen LogP contribution is -2.39. The summed E-state index contributed by atoms with van der Waals surface area (Å²) in [5.41, 5.74) is 3.59. The van der Waals surface area contributed by atoms with Crippen molar-refractivity contribution < 1.29 is 14.4 Å². The zero-order valence-electron chi connectivity index (χ0n) is 20.8. The molecule has 7 nitrogen and oxygen atoms in total. The molecule has 0 radical (unpaired) electrons. The normalized spacial score (nSPS) is 20.6. The molecule has 4 rings (SSSR count). The van der Waals surface area contributed by atoms with E-state index in [0.29, 0.717) is 36.9 Å². The molecule has 0 aliphatic carbocycles. The van der Waals surface area contributed by atoms with Gasteiger partial charge in [-0.3, -0.25) is 19.3 Å². The SMILES string of the molecule is CC1CC(C)CN(Cc2ccccc2CNC(=O)CNC(=O)c2ccc(N3CCCC3=O)cc2)C1. The Labute approximate surface area is 207 Å². The van der Waals surface area contributed by atoms with E-state index >= 15 is 0 Å². The number of benzene rings is 2. The molecule has 0 aromatic heterocycles. The molecular formula is C28H36N4O3. The summed E-state index contributed by atoms with van der Waals surface area (Å²) < 4.78 is 0. The third kappa shape index (κ3) is 6.69. The van der Waals surface area contributed by atoms with Gasteiger partial charge >= 0.3 is 0 Å². The molecule has 0 saturated carbocycles. The molecule has 2 fully saturated rings. The first-order valence-electron chi connectivity index (χ1n) is 12.6. The van der Waals surface area contributed by atoms with Crippen LogP contribution >= 0.6 is 0 Å². The monoisotopic (exact) mass is 476 g/mol. The fourth-order valence-electron chi connectivity index (χ4n) is 5.28. The van der Waals surface area contributed by atoms with Crippen molar-refractivity contribution in [2.24, 2.45) is 11.8 Å². The Morgan fingerprint density at radius 2 is 1.63 bits per heavy atom. The van der Waals surface area contributed by atoms with Gasteiger partial charge in [-0.25, -0.2) is 0 Å². The number of piperidine rings is 1. The highest BCUT2D eigenvalue weighted by Gasteiger charge is 2.23. The number of nitrogens with zero attached hydrogens (tertiary/aromatic N) is 2. The molecule has 2 atom stereocenters. The molecule has 2 saturated heterocycles. The number of hydrogen-bond donors (Lipinski definition) is 2. The molecular weight excluding hydrogens is 440 g/mol. The highest BCUT2D eigenvalue weighted by atomic mass is 16.2. The first kappa shape index (κ1) is 24.9. The zero-order valence-corrected chi connectivity index (χ0v) is 20.8. The van der Waals surface area contributed by atoms with E-state index in [1.54, 1.807) is 29.2 Å². The molecule has 2 aliphatic heterocycles. The predicted octanol–water partition coefficient (Wildman–Crippen LogP) is 3.34. The first-order valence-corrected chi connectivity index (χ1v) is 12.6. The Morgan fingerprint density at radius 3 is 2.29 bits per heavy atom. The Morgan fingerprint density at radius 1 is 0.943 bits per heavy atom. The average Bonchev–Trinajstić information content (AvgIpc) is 3.27. The van der Waals surface area contributed by atoms with Crippen molar-refractivity contribution in [1.29, 1.82) is 0 Å². The smallest absolute Gasteiger partial charge is 0.251 e. The summed E-state index contributed by atoms with van der Waals surface area (Å²) in [6, 6.07) is 15.2. The van der Waals surface area contributed by atoms with Crippen LogP contribution in [0.25, 0.3) is 0 Å².